The smallest absolute Gasteiger partial charge is 0.398 e. The lowest BCUT2D eigenvalue weighted by molar-refractivity contribution is -0.138. The summed E-state index contributed by atoms with van der Waals surface area (Å²) in [7, 11) is 0. The lowest BCUT2D eigenvalue weighted by atomic mass is 9.99. The summed E-state index contributed by atoms with van der Waals surface area (Å²) in [6.07, 6.45) is -11.5. The Balaban J connectivity index is 0.000000366. The standard InChI is InChI=1S/2C26H27F3N4O.C21H25BrF3N5O.C17H17BrF3N5O.7H2/c2*1-2-8-18-15-33(16-22(31-18)17-9-4-3-5-10-17)23-14-13-20(26(27,28)29)24(32-23)25(34)19-11-6-7-12-21(19)30;1-11(2)6-14-10-30(9-12(3)28-14)17-5-4-16(21(23,24)25)18(29-17)19(31)15-7-13(22)8-27-20(15)26;1-9-7-23-4-5-26(9)13-3-2-12(17(19,20)21)14(25-13)15(27)11-6-10(18)8-24-16(11)22;;;;;;;/h2*3-7,9-14,18,22,31H,2,8,15-16,30H2,1H3;4-5,7-8,11-12,14,28H,6,9-10H2,1-3H3,(H2,26,27);2-3,6,8-9,23H,4-5,7H2,1H3,(H2,22,24);7*1H/t18-,22+;18-,22-;12-,14-;9-;;;;;;;/m0001......./s1. The third kappa shape index (κ3) is 24.1. The Morgan fingerprint density at radius 1 is 0.444 bits per heavy atom. The summed E-state index contributed by atoms with van der Waals surface area (Å²) in [4.78, 5) is 84.5. The minimum absolute atomic E-state index is 0. The molecule has 0 bridgehead atoms. The fourth-order valence-corrected chi connectivity index (χ4v) is 16.3. The number of para-hydroxylation sites is 2. The summed E-state index contributed by atoms with van der Waals surface area (Å²) >= 11 is 6.33. The molecule has 0 saturated carbocycles. The van der Waals surface area contributed by atoms with Gasteiger partial charge in [-0.25, -0.2) is 29.9 Å². The van der Waals surface area contributed by atoms with Crippen LogP contribution >= 0.6 is 31.9 Å². The van der Waals surface area contributed by atoms with Crippen molar-refractivity contribution in [3.8, 4) is 0 Å². The van der Waals surface area contributed by atoms with E-state index >= 15 is 0 Å². The van der Waals surface area contributed by atoms with Crippen LogP contribution in [-0.2, 0) is 24.7 Å². The second-order valence-corrected chi connectivity index (χ2v) is 33.3. The number of carbonyl (C=O) groups is 4. The molecule has 4 saturated heterocycles. The normalized spacial score (nSPS) is 18.7. The van der Waals surface area contributed by atoms with Crippen molar-refractivity contribution >= 4 is 101 Å². The van der Waals surface area contributed by atoms with E-state index in [0.717, 1.165) is 67.5 Å². The predicted molar refractivity (Wildman–Crippen MR) is 484 cm³/mol. The first-order valence-electron chi connectivity index (χ1n) is 40.8. The average molecular weight is 1900 g/mol. The minimum Gasteiger partial charge on any atom is -0.398 e. The third-order valence-electron chi connectivity index (χ3n) is 21.5. The zero-order chi connectivity index (χ0) is 91.3. The molecule has 0 amide bonds. The number of nitrogen functional groups attached to an aromatic ring is 4. The van der Waals surface area contributed by atoms with Crippen molar-refractivity contribution in [3.63, 3.8) is 0 Å². The second kappa shape index (κ2) is 41.5. The molecule has 4 aliphatic rings. The maximum atomic E-state index is 13.8. The molecular weight excluding hydrogens is 1780 g/mol. The average Bonchev–Trinajstić information content (AvgIpc) is 0.788. The highest BCUT2D eigenvalue weighted by molar-refractivity contribution is 9.10. The number of nitrogens with two attached hydrogens (primary N) is 4. The maximum absolute atomic E-state index is 13.8. The van der Waals surface area contributed by atoms with Gasteiger partial charge in [0.25, 0.3) is 0 Å². The van der Waals surface area contributed by atoms with Crippen molar-refractivity contribution in [3.05, 3.63) is 270 Å². The van der Waals surface area contributed by atoms with Gasteiger partial charge >= 0.3 is 24.7 Å². The van der Waals surface area contributed by atoms with Gasteiger partial charge in [-0.2, -0.15) is 52.7 Å². The molecule has 7 atom stereocenters. The van der Waals surface area contributed by atoms with Crippen molar-refractivity contribution in [2.24, 2.45) is 5.92 Å². The number of aromatic nitrogens is 6. The number of benzene rings is 4. The van der Waals surface area contributed by atoms with Crippen molar-refractivity contribution in [2.45, 2.75) is 141 Å². The monoisotopic (exact) mass is 1890 g/mol. The first kappa shape index (κ1) is 95.5. The molecule has 682 valence electrons. The first-order valence-corrected chi connectivity index (χ1v) is 42.4. The van der Waals surface area contributed by atoms with Crippen molar-refractivity contribution in [1.29, 1.82) is 0 Å². The molecule has 4 aromatic carbocycles. The van der Waals surface area contributed by atoms with Gasteiger partial charge in [-0.1, -0.05) is 125 Å². The van der Waals surface area contributed by atoms with Crippen LogP contribution in [0.3, 0.4) is 0 Å². The van der Waals surface area contributed by atoms with Gasteiger partial charge in [0.1, 0.15) is 57.7 Å². The Morgan fingerprint density at radius 3 is 1.14 bits per heavy atom. The van der Waals surface area contributed by atoms with E-state index in [9.17, 15) is 71.9 Å². The molecular formula is C90H110Br2F12N18O4. The number of carbonyl (C=O) groups excluding carboxylic acids is 4. The summed E-state index contributed by atoms with van der Waals surface area (Å²) in [6.45, 7) is 17.7. The van der Waals surface area contributed by atoms with Crippen LogP contribution < -0.4 is 63.8 Å². The van der Waals surface area contributed by atoms with Crippen molar-refractivity contribution < 1.29 is 81.8 Å². The Labute approximate surface area is 748 Å². The summed E-state index contributed by atoms with van der Waals surface area (Å²) in [5, 5.41) is 14.0. The van der Waals surface area contributed by atoms with Gasteiger partial charge < -0.3 is 63.8 Å². The van der Waals surface area contributed by atoms with Gasteiger partial charge in [-0.3, -0.25) is 19.2 Å². The van der Waals surface area contributed by atoms with Crippen molar-refractivity contribution in [2.75, 3.05) is 101 Å². The molecule has 6 aromatic heterocycles. The van der Waals surface area contributed by atoms with Crippen LogP contribution in [0.4, 0.5) is 99.0 Å². The number of ketones is 4. The van der Waals surface area contributed by atoms with Gasteiger partial charge in [-0.05, 0) is 167 Å². The van der Waals surface area contributed by atoms with Crippen LogP contribution in [0, 0.1) is 5.92 Å². The molecule has 0 spiro atoms. The first-order chi connectivity index (χ1) is 59.7. The van der Waals surface area contributed by atoms with Crippen LogP contribution in [0.5, 0.6) is 0 Å². The number of nitrogens with zero attached hydrogens (tertiary/aromatic N) is 10. The Kier molecular flexibility index (Phi) is 31.5. The van der Waals surface area contributed by atoms with Crippen molar-refractivity contribution in [1.82, 2.24) is 51.2 Å². The lowest BCUT2D eigenvalue weighted by Gasteiger charge is -2.40. The third-order valence-corrected chi connectivity index (χ3v) is 22.4. The fraction of sp³-hybridized carbons (Fsp3) is 0.356. The van der Waals surface area contributed by atoms with Gasteiger partial charge in [0.15, 0.2) is 0 Å². The molecule has 10 aromatic rings. The zero-order valence-corrected chi connectivity index (χ0v) is 72.7. The number of nitrogens with one attached hydrogen (secondary N) is 4. The predicted octanol–water partition coefficient (Wildman–Crippen LogP) is 19.3. The molecule has 126 heavy (non-hydrogen) atoms. The van der Waals surface area contributed by atoms with E-state index in [0.29, 0.717) is 97.0 Å². The number of anilines is 8. The van der Waals surface area contributed by atoms with Crippen LogP contribution in [0.25, 0.3) is 0 Å². The van der Waals surface area contributed by atoms with E-state index < -0.39 is 92.9 Å². The number of rotatable bonds is 20. The van der Waals surface area contributed by atoms with Gasteiger partial charge in [-0.15, -0.1) is 0 Å². The molecule has 12 N–H and O–H groups in total. The number of halogens is 14. The molecule has 0 radical (unpaired) electrons. The molecule has 4 aliphatic heterocycles. The summed E-state index contributed by atoms with van der Waals surface area (Å²) in [5.74, 6) is -2.01. The highest BCUT2D eigenvalue weighted by Gasteiger charge is 2.43. The molecule has 0 unspecified atom stereocenters. The molecule has 0 aliphatic carbocycles. The summed E-state index contributed by atoms with van der Waals surface area (Å²) < 4.78 is 165. The molecule has 22 nitrogen and oxygen atoms in total. The Bertz CT molecular complexity index is 5320. The Morgan fingerprint density at radius 2 is 0.786 bits per heavy atom. The van der Waals surface area contributed by atoms with E-state index in [1.165, 1.54) is 73.1 Å². The minimum atomic E-state index is -4.73. The zero-order valence-electron chi connectivity index (χ0n) is 69.5. The molecule has 36 heteroatoms. The van der Waals surface area contributed by atoms with Gasteiger partial charge in [0, 0.05) is 143 Å². The number of hydrogen-bond donors (Lipinski definition) is 8. The van der Waals surface area contributed by atoms with E-state index in [1.54, 1.807) is 24.3 Å². The molecule has 14 rings (SSSR count). The van der Waals surface area contributed by atoms with E-state index in [4.69, 9.17) is 22.9 Å². The van der Waals surface area contributed by atoms with E-state index in [2.05, 4.69) is 111 Å². The van der Waals surface area contributed by atoms with E-state index in [-0.39, 0.29) is 97.5 Å². The maximum Gasteiger partial charge on any atom is 0.418 e. The number of alkyl halides is 12. The van der Waals surface area contributed by atoms with Gasteiger partial charge in [0.05, 0.1) is 45.5 Å². The van der Waals surface area contributed by atoms with Crippen LogP contribution in [0.1, 0.15) is 193 Å². The highest BCUT2D eigenvalue weighted by Crippen LogP contribution is 2.41. The second-order valence-electron chi connectivity index (χ2n) is 31.5. The molecule has 10 heterocycles. The van der Waals surface area contributed by atoms with E-state index in [1.807, 2.05) is 94.1 Å². The summed E-state index contributed by atoms with van der Waals surface area (Å²) in [6, 6.07) is 44.3. The quantitative estimate of drug-likeness (QED) is 0.0200. The molecule has 4 fully saturated rings. The largest absolute Gasteiger partial charge is 0.418 e. The van der Waals surface area contributed by atoms with Crippen LogP contribution in [0.15, 0.2) is 191 Å². The highest BCUT2D eigenvalue weighted by atomic mass is 79.9. The Hall–Kier alpha value is -11.2. The fourth-order valence-electron chi connectivity index (χ4n) is 15.6. The number of hydrogen-bond acceptors (Lipinski definition) is 22. The number of pyridine rings is 6. The summed E-state index contributed by atoms with van der Waals surface area (Å²) in [5.41, 5.74) is 18.4. The van der Waals surface area contributed by atoms with Gasteiger partial charge in [0.2, 0.25) is 23.1 Å². The topological polar surface area (TPSA) is 311 Å². The van der Waals surface area contributed by atoms with Crippen LogP contribution in [0.2, 0.25) is 0 Å². The van der Waals surface area contributed by atoms with Crippen LogP contribution in [-0.4, -0.2) is 142 Å². The lowest BCUT2D eigenvalue weighted by Crippen LogP contribution is -2.56. The number of piperazine rings is 4. The SMILES string of the molecule is CC(C)C[C@H]1CN(c2ccc(C(F)(F)F)c(C(=O)c3cc(Br)cnc3N)n2)C[C@H](C)N1.CCC[C@H]1CN(c2ccc(C(F)(F)F)c(C(=O)c3ccccc3N)n2)C[C@@H](c2ccccc2)N1.CCC[C@H]1CN(c2ccc(C(F)(F)F)c(C(=O)c3ccccc3N)n2)C[C@H](c2ccccc2)N1.C[C@@H]1CNCCN1c1ccc(C(F)(F)F)c(C(=O)c2cc(Br)cnc2N)n1.[HH].[HH].[HH].[HH].[HH].[HH].[HH].